The average molecular weight is 572 g/mol. The van der Waals surface area contributed by atoms with E-state index in [1.165, 1.54) is 44.6 Å². The molecular weight excluding hydrogens is 534 g/mol. The minimum Gasteiger partial charge on any atom is -0.313 e. The molecule has 1 amide bonds. The van der Waals surface area contributed by atoms with Crippen molar-refractivity contribution in [2.75, 3.05) is 25.5 Å². The van der Waals surface area contributed by atoms with Crippen LogP contribution < -0.4 is 5.32 Å². The van der Waals surface area contributed by atoms with Crippen molar-refractivity contribution in [3.05, 3.63) is 63.3 Å². The number of aromatic nitrogens is 2. The Labute approximate surface area is 234 Å². The topological polar surface area (TPSA) is 105 Å². The first kappa shape index (κ1) is 29.1. The molecule has 210 valence electrons. The number of thiophene rings is 1. The Morgan fingerprint density at radius 1 is 1.18 bits per heavy atom. The number of anilines is 1. The monoisotopic (exact) mass is 571 g/mol. The Morgan fingerprint density at radius 2 is 1.87 bits per heavy atom. The zero-order valence-corrected chi connectivity index (χ0v) is 25.1. The lowest BCUT2D eigenvalue weighted by molar-refractivity contribution is 0.0941. The summed E-state index contributed by atoms with van der Waals surface area (Å²) < 4.78 is 28.4. The molecule has 9 nitrogen and oxygen atoms in total. The van der Waals surface area contributed by atoms with Gasteiger partial charge in [-0.1, -0.05) is 13.3 Å². The number of amides is 1. The normalized spacial score (nSPS) is 14.2. The van der Waals surface area contributed by atoms with E-state index in [-0.39, 0.29) is 10.8 Å². The summed E-state index contributed by atoms with van der Waals surface area (Å²) in [6, 6.07) is 8.14. The van der Waals surface area contributed by atoms with Crippen LogP contribution in [0.1, 0.15) is 76.2 Å². The number of rotatable bonds is 9. The number of aryl methyl sites for hydroxylation is 2. The van der Waals surface area contributed by atoms with Crippen LogP contribution in [0.3, 0.4) is 0 Å². The van der Waals surface area contributed by atoms with Crippen molar-refractivity contribution in [2.45, 2.75) is 71.4 Å². The second kappa shape index (κ2) is 11.7. The van der Waals surface area contributed by atoms with Gasteiger partial charge in [0.1, 0.15) is 5.00 Å². The van der Waals surface area contributed by atoms with E-state index in [1.54, 1.807) is 7.05 Å². The smallest absolute Gasteiger partial charge is 0.281 e. The Hall–Kier alpha value is -2.86. The molecular formula is C28H37N5O4S2. The Morgan fingerprint density at radius 3 is 2.46 bits per heavy atom. The van der Waals surface area contributed by atoms with Gasteiger partial charge in [0, 0.05) is 48.9 Å². The Kier molecular flexibility index (Phi) is 8.75. The largest absolute Gasteiger partial charge is 0.313 e. The van der Waals surface area contributed by atoms with Gasteiger partial charge >= 0.3 is 0 Å². The van der Waals surface area contributed by atoms with Crippen molar-refractivity contribution in [3.63, 3.8) is 0 Å². The molecule has 3 heterocycles. The highest BCUT2D eigenvalue weighted by molar-refractivity contribution is 7.89. The fourth-order valence-corrected chi connectivity index (χ4v) is 7.22. The lowest BCUT2D eigenvalue weighted by Crippen LogP contribution is -2.35. The molecule has 0 atom stereocenters. The van der Waals surface area contributed by atoms with E-state index >= 15 is 0 Å². The summed E-state index contributed by atoms with van der Waals surface area (Å²) in [7, 11) is -2.07. The quantitative estimate of drug-likeness (QED) is 0.400. The second-order valence-corrected chi connectivity index (χ2v) is 13.5. The highest BCUT2D eigenvalue weighted by Gasteiger charge is 2.31. The second-order valence-electron chi connectivity index (χ2n) is 10.3. The molecule has 0 saturated heterocycles. The van der Waals surface area contributed by atoms with Gasteiger partial charge in [-0.2, -0.15) is 5.10 Å². The van der Waals surface area contributed by atoms with Gasteiger partial charge in [0.15, 0.2) is 0 Å². The lowest BCUT2D eigenvalue weighted by atomic mass is 10.0. The van der Waals surface area contributed by atoms with Crippen molar-refractivity contribution in [3.8, 4) is 0 Å². The molecule has 39 heavy (non-hydrogen) atoms. The summed E-state index contributed by atoms with van der Waals surface area (Å²) in [5.74, 6) is -0.664. The summed E-state index contributed by atoms with van der Waals surface area (Å²) in [6.45, 7) is 12.0. The molecule has 3 aromatic rings. The number of sulfonamides is 1. The van der Waals surface area contributed by atoms with Gasteiger partial charge in [-0.05, 0) is 76.4 Å². The summed E-state index contributed by atoms with van der Waals surface area (Å²) in [5, 5.41) is 7.83. The zero-order valence-electron chi connectivity index (χ0n) is 23.4. The van der Waals surface area contributed by atoms with Gasteiger partial charge in [0.05, 0.1) is 16.2 Å². The number of unbranched alkanes of at least 4 members (excludes halogenated alkanes) is 1. The highest BCUT2D eigenvalue weighted by Crippen LogP contribution is 2.38. The molecule has 0 radical (unpaired) electrons. The third-order valence-corrected chi connectivity index (χ3v) is 10.1. The number of nitrogens with zero attached hydrogens (tertiary/aromatic N) is 4. The van der Waals surface area contributed by atoms with Crippen molar-refractivity contribution >= 4 is 38.2 Å². The molecule has 0 fully saturated rings. The predicted molar refractivity (Wildman–Crippen MR) is 154 cm³/mol. The maximum Gasteiger partial charge on any atom is 0.281 e. The van der Waals surface area contributed by atoms with E-state index in [1.807, 2.05) is 26.8 Å². The maximum absolute atomic E-state index is 13.7. The van der Waals surface area contributed by atoms with Crippen LogP contribution in [0.25, 0.3) is 0 Å². The molecule has 2 aromatic heterocycles. The van der Waals surface area contributed by atoms with Crippen LogP contribution in [0.4, 0.5) is 5.00 Å². The predicted octanol–water partition coefficient (Wildman–Crippen LogP) is 4.69. The molecule has 0 aliphatic carbocycles. The maximum atomic E-state index is 13.7. The molecule has 1 N–H and O–H groups in total. The first-order chi connectivity index (χ1) is 18.4. The van der Waals surface area contributed by atoms with E-state index < -0.39 is 15.9 Å². The Bertz CT molecular complexity index is 1470. The minimum atomic E-state index is -3.63. The minimum absolute atomic E-state index is 0.137. The standard InChI is InChI=1S/C28H37N5O4S2/c1-7-8-14-31(6)39(36,37)22-11-9-21(10-12-22)26(34)29-27-25(28(35)33-20(5)16-19(4)30-33)23-13-15-32(18(2)3)17-24(23)38-27/h9-12,16,18H,7-8,13-15,17H2,1-6H3,(H,29,34). The molecule has 0 saturated carbocycles. The van der Waals surface area contributed by atoms with Gasteiger partial charge in [0.2, 0.25) is 10.0 Å². The molecule has 4 rings (SSSR count). The third-order valence-electron chi connectivity index (χ3n) is 7.11. The molecule has 1 aromatic carbocycles. The molecule has 1 aliphatic heterocycles. The van der Waals surface area contributed by atoms with Crippen LogP contribution >= 0.6 is 11.3 Å². The highest BCUT2D eigenvalue weighted by atomic mass is 32.2. The number of carbonyl (C=O) groups is 2. The summed E-state index contributed by atoms with van der Waals surface area (Å²) in [5.41, 5.74) is 3.23. The first-order valence-corrected chi connectivity index (χ1v) is 15.5. The van der Waals surface area contributed by atoms with E-state index in [4.69, 9.17) is 0 Å². The number of hydrogen-bond donors (Lipinski definition) is 1. The SMILES string of the molecule is CCCCN(C)S(=O)(=O)c1ccc(C(=O)Nc2sc3c(c2C(=O)n2nc(C)cc2C)CCN(C(C)C)C3)cc1. The third kappa shape index (κ3) is 6.01. The van der Waals surface area contributed by atoms with E-state index in [9.17, 15) is 18.0 Å². The zero-order chi connectivity index (χ0) is 28.5. The fraction of sp³-hybridized carbons (Fsp3) is 0.464. The van der Waals surface area contributed by atoms with Crippen LogP contribution in [0.2, 0.25) is 0 Å². The van der Waals surface area contributed by atoms with Gasteiger partial charge in [-0.3, -0.25) is 14.5 Å². The lowest BCUT2D eigenvalue weighted by Gasteiger charge is -2.30. The molecule has 0 bridgehead atoms. The summed E-state index contributed by atoms with van der Waals surface area (Å²) in [4.78, 5) is 30.6. The van der Waals surface area contributed by atoms with Crippen molar-refractivity contribution in [2.24, 2.45) is 0 Å². The van der Waals surface area contributed by atoms with Crippen molar-refractivity contribution in [1.82, 2.24) is 19.0 Å². The number of benzene rings is 1. The van der Waals surface area contributed by atoms with Crippen molar-refractivity contribution in [1.29, 1.82) is 0 Å². The first-order valence-electron chi connectivity index (χ1n) is 13.3. The van der Waals surface area contributed by atoms with Gasteiger partial charge < -0.3 is 5.32 Å². The molecule has 0 spiro atoms. The summed E-state index contributed by atoms with van der Waals surface area (Å²) >= 11 is 1.42. The Balaban J connectivity index is 1.64. The number of carbonyl (C=O) groups excluding carboxylic acids is 2. The van der Waals surface area contributed by atoms with Crippen LogP contribution in [0, 0.1) is 13.8 Å². The van der Waals surface area contributed by atoms with Crippen LogP contribution in [-0.4, -0.2) is 65.4 Å². The molecule has 1 aliphatic rings. The number of hydrogen-bond acceptors (Lipinski definition) is 7. The van der Waals surface area contributed by atoms with Gasteiger partial charge in [-0.15, -0.1) is 11.3 Å². The van der Waals surface area contributed by atoms with Crippen molar-refractivity contribution < 1.29 is 18.0 Å². The fourth-order valence-electron chi connectivity index (χ4n) is 4.75. The van der Waals surface area contributed by atoms with Crippen LogP contribution in [0.15, 0.2) is 35.2 Å². The molecule has 0 unspecified atom stereocenters. The molecule has 11 heteroatoms. The van der Waals surface area contributed by atoms with E-state index in [2.05, 4.69) is 29.2 Å². The van der Waals surface area contributed by atoms with Gasteiger partial charge in [-0.25, -0.2) is 17.4 Å². The average Bonchev–Trinajstić information content (AvgIpc) is 3.44. The van der Waals surface area contributed by atoms with Crippen LogP contribution in [-0.2, 0) is 23.0 Å². The number of nitrogens with one attached hydrogen (secondary N) is 1. The van der Waals surface area contributed by atoms with E-state index in [0.29, 0.717) is 41.7 Å². The summed E-state index contributed by atoms with van der Waals surface area (Å²) in [6.07, 6.45) is 2.37. The van der Waals surface area contributed by atoms with Gasteiger partial charge in [0.25, 0.3) is 11.8 Å². The van der Waals surface area contributed by atoms with Crippen LogP contribution in [0.5, 0.6) is 0 Å². The number of fused-ring (bicyclic) bond motifs is 1. The van der Waals surface area contributed by atoms with E-state index in [0.717, 1.165) is 41.2 Å².